The second-order valence-electron chi connectivity index (χ2n) is 5.16. The number of rotatable bonds is 6. The van der Waals surface area contributed by atoms with Crippen molar-refractivity contribution in [3.63, 3.8) is 0 Å². The van der Waals surface area contributed by atoms with Gasteiger partial charge in [-0.1, -0.05) is 52.0 Å². The van der Waals surface area contributed by atoms with Gasteiger partial charge in [0.1, 0.15) is 0 Å². The van der Waals surface area contributed by atoms with Crippen LogP contribution >= 0.6 is 0 Å². The van der Waals surface area contributed by atoms with Gasteiger partial charge < -0.3 is 5.11 Å². The maximum Gasteiger partial charge on any atom is 0.0522 e. The molecule has 0 aromatic heterocycles. The molecule has 1 rings (SSSR count). The van der Waals surface area contributed by atoms with Crippen LogP contribution in [0.5, 0.6) is 0 Å². The lowest BCUT2D eigenvalue weighted by atomic mass is 9.82. The first kappa shape index (κ1) is 14.2. The molecule has 0 aliphatic carbocycles. The second kappa shape index (κ2) is 6.18. The first-order valence-electron chi connectivity index (χ1n) is 6.46. The van der Waals surface area contributed by atoms with Crippen LogP contribution in [-0.4, -0.2) is 29.7 Å². The third-order valence-corrected chi connectivity index (χ3v) is 3.43. The van der Waals surface area contributed by atoms with Crippen LogP contribution in [0.4, 0.5) is 0 Å². The molecule has 0 saturated carbocycles. The van der Waals surface area contributed by atoms with E-state index in [0.29, 0.717) is 0 Å². The Morgan fingerprint density at radius 3 is 2.24 bits per heavy atom. The highest BCUT2D eigenvalue weighted by Crippen LogP contribution is 2.26. The van der Waals surface area contributed by atoms with E-state index in [9.17, 15) is 5.11 Å². The average Bonchev–Trinajstić information content (AvgIpc) is 2.36. The lowest BCUT2D eigenvalue weighted by Crippen LogP contribution is -2.28. The molecule has 0 unspecified atom stereocenters. The fraction of sp³-hybridized carbons (Fsp3) is 0.600. The van der Waals surface area contributed by atoms with Crippen LogP contribution in [0.15, 0.2) is 24.3 Å². The summed E-state index contributed by atoms with van der Waals surface area (Å²) in [5.41, 5.74) is 2.42. The summed E-state index contributed by atoms with van der Waals surface area (Å²) < 4.78 is 0. The lowest BCUT2D eigenvalue weighted by Gasteiger charge is -2.28. The van der Waals surface area contributed by atoms with Gasteiger partial charge in [-0.15, -0.1) is 0 Å². The molecule has 0 aliphatic rings. The number of nitrogens with zero attached hydrogens (tertiary/aromatic N) is 1. The third-order valence-electron chi connectivity index (χ3n) is 3.43. The number of hydrogen-bond donors (Lipinski definition) is 1. The van der Waals surface area contributed by atoms with Gasteiger partial charge in [-0.05, 0) is 24.2 Å². The van der Waals surface area contributed by atoms with Gasteiger partial charge in [-0.25, -0.2) is 0 Å². The monoisotopic (exact) mass is 235 g/mol. The molecule has 17 heavy (non-hydrogen) atoms. The van der Waals surface area contributed by atoms with Crippen molar-refractivity contribution in [2.45, 2.75) is 39.7 Å². The zero-order valence-corrected chi connectivity index (χ0v) is 11.5. The number of aliphatic hydroxyl groups excluding tert-OH is 1. The first-order chi connectivity index (χ1) is 8.05. The molecule has 2 heteroatoms. The minimum atomic E-state index is -0.163. The van der Waals surface area contributed by atoms with Crippen molar-refractivity contribution in [3.05, 3.63) is 35.4 Å². The van der Waals surface area contributed by atoms with E-state index < -0.39 is 0 Å². The van der Waals surface area contributed by atoms with Crippen LogP contribution in [0.3, 0.4) is 0 Å². The lowest BCUT2D eigenvalue weighted by molar-refractivity contribution is 0.215. The predicted molar refractivity (Wildman–Crippen MR) is 73.2 cm³/mol. The number of hydrogen-bond acceptors (Lipinski definition) is 2. The van der Waals surface area contributed by atoms with Gasteiger partial charge in [0.25, 0.3) is 0 Å². The topological polar surface area (TPSA) is 23.5 Å². The average molecular weight is 235 g/mol. The van der Waals surface area contributed by atoms with Gasteiger partial charge in [0.15, 0.2) is 0 Å². The summed E-state index contributed by atoms with van der Waals surface area (Å²) >= 11 is 0. The van der Waals surface area contributed by atoms with Gasteiger partial charge in [-0.3, -0.25) is 4.90 Å². The van der Waals surface area contributed by atoms with Gasteiger partial charge in [0.2, 0.25) is 0 Å². The van der Waals surface area contributed by atoms with Crippen molar-refractivity contribution < 1.29 is 5.11 Å². The standard InChI is InChI=1S/C15H25NO/c1-5-16(6-2)11-13-9-7-8-10-14(13)15(3,4)12-17/h7-10,17H,5-6,11-12H2,1-4H3. The number of aliphatic hydroxyl groups is 1. The van der Waals surface area contributed by atoms with E-state index in [-0.39, 0.29) is 12.0 Å². The minimum Gasteiger partial charge on any atom is -0.395 e. The molecule has 1 N–H and O–H groups in total. The van der Waals surface area contributed by atoms with Gasteiger partial charge in [-0.2, -0.15) is 0 Å². The molecule has 0 radical (unpaired) electrons. The third kappa shape index (κ3) is 3.55. The summed E-state index contributed by atoms with van der Waals surface area (Å²) in [6.07, 6.45) is 0. The summed E-state index contributed by atoms with van der Waals surface area (Å²) in [4.78, 5) is 2.40. The van der Waals surface area contributed by atoms with E-state index in [1.807, 2.05) is 0 Å². The van der Waals surface area contributed by atoms with E-state index >= 15 is 0 Å². The Labute approximate surface area is 105 Å². The normalized spacial score (nSPS) is 12.1. The molecular formula is C15H25NO. The summed E-state index contributed by atoms with van der Waals surface area (Å²) in [6, 6.07) is 8.44. The minimum absolute atomic E-state index is 0.163. The van der Waals surface area contributed by atoms with E-state index in [0.717, 1.165) is 19.6 Å². The molecule has 1 aromatic rings. The van der Waals surface area contributed by atoms with Crippen molar-refractivity contribution in [2.75, 3.05) is 19.7 Å². The molecular weight excluding hydrogens is 210 g/mol. The zero-order valence-electron chi connectivity index (χ0n) is 11.5. The van der Waals surface area contributed by atoms with Crippen molar-refractivity contribution in [3.8, 4) is 0 Å². The summed E-state index contributed by atoms with van der Waals surface area (Å²) in [6.45, 7) is 11.8. The van der Waals surface area contributed by atoms with E-state index in [4.69, 9.17) is 0 Å². The molecule has 0 aliphatic heterocycles. The molecule has 0 bridgehead atoms. The molecule has 0 atom stereocenters. The van der Waals surface area contributed by atoms with E-state index in [1.165, 1.54) is 11.1 Å². The van der Waals surface area contributed by atoms with Crippen LogP contribution in [0.1, 0.15) is 38.8 Å². The van der Waals surface area contributed by atoms with Crippen molar-refractivity contribution in [1.82, 2.24) is 4.90 Å². The molecule has 96 valence electrons. The van der Waals surface area contributed by atoms with Crippen molar-refractivity contribution in [2.24, 2.45) is 0 Å². The molecule has 0 spiro atoms. The molecule has 0 heterocycles. The summed E-state index contributed by atoms with van der Waals surface area (Å²) in [5.74, 6) is 0. The van der Waals surface area contributed by atoms with Gasteiger partial charge >= 0.3 is 0 Å². The zero-order chi connectivity index (χ0) is 12.9. The van der Waals surface area contributed by atoms with Gasteiger partial charge in [0, 0.05) is 12.0 Å². The van der Waals surface area contributed by atoms with Crippen LogP contribution in [0, 0.1) is 0 Å². The SMILES string of the molecule is CCN(CC)Cc1ccccc1C(C)(C)CO. The Morgan fingerprint density at radius 1 is 1.12 bits per heavy atom. The molecule has 0 saturated heterocycles. The fourth-order valence-corrected chi connectivity index (χ4v) is 2.09. The van der Waals surface area contributed by atoms with Crippen molar-refractivity contribution in [1.29, 1.82) is 0 Å². The summed E-state index contributed by atoms with van der Waals surface area (Å²) in [7, 11) is 0. The van der Waals surface area contributed by atoms with Crippen LogP contribution in [-0.2, 0) is 12.0 Å². The largest absolute Gasteiger partial charge is 0.395 e. The fourth-order valence-electron chi connectivity index (χ4n) is 2.09. The molecule has 0 amide bonds. The maximum absolute atomic E-state index is 9.51. The Hall–Kier alpha value is -0.860. The highest BCUT2D eigenvalue weighted by Gasteiger charge is 2.22. The first-order valence-corrected chi connectivity index (χ1v) is 6.46. The van der Waals surface area contributed by atoms with Gasteiger partial charge in [0.05, 0.1) is 6.61 Å². The van der Waals surface area contributed by atoms with Crippen LogP contribution in [0.25, 0.3) is 0 Å². The number of benzene rings is 1. The van der Waals surface area contributed by atoms with E-state index in [2.05, 4.69) is 56.9 Å². The molecule has 2 nitrogen and oxygen atoms in total. The van der Waals surface area contributed by atoms with Crippen LogP contribution < -0.4 is 0 Å². The Bertz CT molecular complexity index is 343. The highest BCUT2D eigenvalue weighted by atomic mass is 16.3. The quantitative estimate of drug-likeness (QED) is 0.819. The smallest absolute Gasteiger partial charge is 0.0522 e. The van der Waals surface area contributed by atoms with E-state index in [1.54, 1.807) is 0 Å². The molecule has 1 aromatic carbocycles. The Morgan fingerprint density at radius 2 is 1.71 bits per heavy atom. The maximum atomic E-state index is 9.51. The van der Waals surface area contributed by atoms with Crippen molar-refractivity contribution >= 4 is 0 Å². The second-order valence-corrected chi connectivity index (χ2v) is 5.16. The van der Waals surface area contributed by atoms with Crippen LogP contribution in [0.2, 0.25) is 0 Å². The molecule has 0 fully saturated rings. The predicted octanol–water partition coefficient (Wildman–Crippen LogP) is 2.80. The highest BCUT2D eigenvalue weighted by molar-refractivity contribution is 5.33. The Balaban J connectivity index is 3.00. The summed E-state index contributed by atoms with van der Waals surface area (Å²) in [5, 5.41) is 9.51. The Kier molecular flexibility index (Phi) is 5.16.